The molecule has 1 aliphatic heterocycles. The van der Waals surface area contributed by atoms with Crippen molar-refractivity contribution in [3.05, 3.63) is 93.5 Å². The molecule has 35 heavy (non-hydrogen) atoms. The number of benzene rings is 3. The van der Waals surface area contributed by atoms with Crippen molar-refractivity contribution in [1.29, 1.82) is 0 Å². The minimum Gasteiger partial charge on any atom is -0.483 e. The fraction of sp³-hybridized carbons (Fsp3) is 0.321. The maximum absolute atomic E-state index is 13.0. The van der Waals surface area contributed by atoms with Gasteiger partial charge in [0.15, 0.2) is 11.5 Å². The fourth-order valence-electron chi connectivity index (χ4n) is 4.08. The molecule has 1 heterocycles. The van der Waals surface area contributed by atoms with E-state index in [1.165, 1.54) is 19.3 Å². The van der Waals surface area contributed by atoms with Crippen LogP contribution in [-0.2, 0) is 13.2 Å². The van der Waals surface area contributed by atoms with Crippen LogP contribution in [0.25, 0.3) is 0 Å². The van der Waals surface area contributed by atoms with Crippen LogP contribution in [0.1, 0.15) is 40.7 Å². The summed E-state index contributed by atoms with van der Waals surface area (Å²) in [7, 11) is 0. The predicted molar refractivity (Wildman–Crippen MR) is 141 cm³/mol. The highest BCUT2D eigenvalue weighted by Gasteiger charge is 2.23. The second-order valence-electron chi connectivity index (χ2n) is 8.58. The van der Waals surface area contributed by atoms with Gasteiger partial charge in [0.2, 0.25) is 0 Å². The third-order valence-corrected chi connectivity index (χ3v) is 6.64. The Bertz CT molecular complexity index is 1100. The molecule has 1 N–H and O–H groups in total. The van der Waals surface area contributed by atoms with E-state index in [1.54, 1.807) is 6.07 Å². The SMILES string of the molecule is O=C(NCCN1CCCCC1)c1cc(Cl)c(OCc2ccccc2)c(OCc2ccccc2)c1Cl. The molecule has 1 amide bonds. The number of nitrogens with one attached hydrogen (secondary N) is 1. The van der Waals surface area contributed by atoms with E-state index in [0.717, 1.165) is 30.8 Å². The first kappa shape index (κ1) is 25.4. The Morgan fingerprint density at radius 3 is 2.00 bits per heavy atom. The van der Waals surface area contributed by atoms with Crippen LogP contribution in [0, 0.1) is 0 Å². The molecule has 0 aliphatic carbocycles. The molecule has 7 heteroatoms. The Morgan fingerprint density at radius 1 is 0.829 bits per heavy atom. The van der Waals surface area contributed by atoms with Crippen LogP contribution in [0.5, 0.6) is 11.5 Å². The molecule has 0 spiro atoms. The number of hydrogen-bond donors (Lipinski definition) is 1. The summed E-state index contributed by atoms with van der Waals surface area (Å²) in [5.41, 5.74) is 2.21. The van der Waals surface area contributed by atoms with Gasteiger partial charge in [-0.2, -0.15) is 0 Å². The average Bonchev–Trinajstić information content (AvgIpc) is 2.90. The number of carbonyl (C=O) groups excluding carboxylic acids is 1. The monoisotopic (exact) mass is 512 g/mol. The van der Waals surface area contributed by atoms with E-state index < -0.39 is 0 Å². The van der Waals surface area contributed by atoms with E-state index in [0.29, 0.717) is 18.9 Å². The molecule has 0 radical (unpaired) electrons. The van der Waals surface area contributed by atoms with Crippen LogP contribution in [0.3, 0.4) is 0 Å². The summed E-state index contributed by atoms with van der Waals surface area (Å²) in [4.78, 5) is 15.4. The number of rotatable bonds is 10. The van der Waals surface area contributed by atoms with Gasteiger partial charge in [0, 0.05) is 13.1 Å². The van der Waals surface area contributed by atoms with Gasteiger partial charge < -0.3 is 19.7 Å². The van der Waals surface area contributed by atoms with Crippen LogP contribution in [0.4, 0.5) is 0 Å². The third kappa shape index (κ3) is 7.14. The zero-order valence-corrected chi connectivity index (χ0v) is 21.2. The maximum Gasteiger partial charge on any atom is 0.253 e. The minimum atomic E-state index is -0.284. The molecule has 0 unspecified atom stereocenters. The molecule has 184 valence electrons. The van der Waals surface area contributed by atoms with Crippen LogP contribution >= 0.6 is 23.2 Å². The quantitative estimate of drug-likeness (QED) is 0.343. The molecule has 0 bridgehead atoms. The smallest absolute Gasteiger partial charge is 0.253 e. The van der Waals surface area contributed by atoms with Gasteiger partial charge in [-0.25, -0.2) is 0 Å². The largest absolute Gasteiger partial charge is 0.483 e. The summed E-state index contributed by atoms with van der Waals surface area (Å²) in [6, 6.07) is 21.0. The first-order valence-corrected chi connectivity index (χ1v) is 12.7. The second kappa shape index (κ2) is 12.8. The van der Waals surface area contributed by atoms with E-state index in [1.807, 2.05) is 60.7 Å². The average molecular weight is 513 g/mol. The molecule has 3 aromatic rings. The highest BCUT2D eigenvalue weighted by atomic mass is 35.5. The molecule has 1 fully saturated rings. The van der Waals surface area contributed by atoms with E-state index in [2.05, 4.69) is 10.2 Å². The Kier molecular flexibility index (Phi) is 9.29. The lowest BCUT2D eigenvalue weighted by atomic mass is 10.1. The fourth-order valence-corrected chi connectivity index (χ4v) is 4.61. The molecule has 0 saturated carbocycles. The van der Waals surface area contributed by atoms with Gasteiger partial charge >= 0.3 is 0 Å². The highest BCUT2D eigenvalue weighted by molar-refractivity contribution is 6.38. The van der Waals surface area contributed by atoms with Crippen molar-refractivity contribution in [2.24, 2.45) is 0 Å². The van der Waals surface area contributed by atoms with Gasteiger partial charge in [0.05, 0.1) is 15.6 Å². The number of ether oxygens (including phenoxy) is 2. The first-order valence-electron chi connectivity index (χ1n) is 12.0. The van der Waals surface area contributed by atoms with Crippen LogP contribution in [-0.4, -0.2) is 37.0 Å². The topological polar surface area (TPSA) is 50.8 Å². The van der Waals surface area contributed by atoms with Gasteiger partial charge in [-0.1, -0.05) is 90.3 Å². The van der Waals surface area contributed by atoms with E-state index in [9.17, 15) is 4.79 Å². The van der Waals surface area contributed by atoms with Gasteiger partial charge in [-0.05, 0) is 43.1 Å². The van der Waals surface area contributed by atoms with Crippen LogP contribution in [0.2, 0.25) is 10.0 Å². The predicted octanol–water partition coefficient (Wildman–Crippen LogP) is 6.37. The van der Waals surface area contributed by atoms with Crippen molar-refractivity contribution in [3.8, 4) is 11.5 Å². The van der Waals surface area contributed by atoms with Gasteiger partial charge in [0.1, 0.15) is 13.2 Å². The minimum absolute atomic E-state index is 0.184. The zero-order chi connectivity index (χ0) is 24.5. The Morgan fingerprint density at radius 2 is 1.40 bits per heavy atom. The van der Waals surface area contributed by atoms with Gasteiger partial charge in [-0.3, -0.25) is 4.79 Å². The third-order valence-electron chi connectivity index (χ3n) is 5.99. The van der Waals surface area contributed by atoms with Crippen molar-refractivity contribution in [2.45, 2.75) is 32.5 Å². The van der Waals surface area contributed by atoms with E-state index in [-0.39, 0.29) is 33.9 Å². The van der Waals surface area contributed by atoms with Gasteiger partial charge in [-0.15, -0.1) is 0 Å². The highest BCUT2D eigenvalue weighted by Crippen LogP contribution is 2.44. The molecule has 1 saturated heterocycles. The summed E-state index contributed by atoms with van der Waals surface area (Å²) in [5.74, 6) is 0.300. The molecule has 4 rings (SSSR count). The maximum atomic E-state index is 13.0. The van der Waals surface area contributed by atoms with Crippen molar-refractivity contribution in [1.82, 2.24) is 10.2 Å². The Labute approximate surface area is 216 Å². The number of piperidine rings is 1. The number of likely N-dealkylation sites (tertiary alicyclic amines) is 1. The van der Waals surface area contributed by atoms with Crippen LogP contribution in [0.15, 0.2) is 66.7 Å². The number of hydrogen-bond acceptors (Lipinski definition) is 4. The van der Waals surface area contributed by atoms with Crippen molar-refractivity contribution in [3.63, 3.8) is 0 Å². The lowest BCUT2D eigenvalue weighted by Gasteiger charge is -2.26. The van der Waals surface area contributed by atoms with Crippen molar-refractivity contribution < 1.29 is 14.3 Å². The number of amides is 1. The summed E-state index contributed by atoms with van der Waals surface area (Å²) in [5, 5.41) is 3.43. The Hall–Kier alpha value is -2.73. The van der Waals surface area contributed by atoms with E-state index >= 15 is 0 Å². The molecular formula is C28H30Cl2N2O3. The summed E-state index contributed by atoms with van der Waals surface area (Å²) < 4.78 is 12.1. The van der Waals surface area contributed by atoms with E-state index in [4.69, 9.17) is 32.7 Å². The first-order chi connectivity index (χ1) is 17.1. The summed E-state index contributed by atoms with van der Waals surface area (Å²) >= 11 is 13.3. The number of nitrogens with zero attached hydrogens (tertiary/aromatic N) is 1. The molecule has 3 aromatic carbocycles. The Balaban J connectivity index is 1.52. The molecule has 1 aliphatic rings. The number of halogens is 2. The van der Waals surface area contributed by atoms with Crippen molar-refractivity contribution >= 4 is 29.1 Å². The lowest BCUT2D eigenvalue weighted by Crippen LogP contribution is -2.37. The summed E-state index contributed by atoms with van der Waals surface area (Å²) in [6.45, 7) is 4.06. The number of carbonyl (C=O) groups is 1. The molecule has 0 aromatic heterocycles. The van der Waals surface area contributed by atoms with Crippen molar-refractivity contribution in [2.75, 3.05) is 26.2 Å². The second-order valence-corrected chi connectivity index (χ2v) is 9.37. The molecule has 5 nitrogen and oxygen atoms in total. The molecule has 0 atom stereocenters. The lowest BCUT2D eigenvalue weighted by molar-refractivity contribution is 0.0946. The standard InChI is InChI=1S/C28H30Cl2N2O3/c29-24-18-23(28(33)31-14-17-32-15-8-3-9-16-32)25(30)27(35-20-22-12-6-2-7-13-22)26(24)34-19-21-10-4-1-5-11-21/h1-2,4-7,10-13,18H,3,8-9,14-17,19-20H2,(H,31,33). The van der Waals surface area contributed by atoms with Gasteiger partial charge in [0.25, 0.3) is 5.91 Å². The normalized spacial score (nSPS) is 13.9. The van der Waals surface area contributed by atoms with Crippen LogP contribution < -0.4 is 14.8 Å². The zero-order valence-electron chi connectivity index (χ0n) is 19.6. The summed E-state index contributed by atoms with van der Waals surface area (Å²) in [6.07, 6.45) is 3.70. The molecular weight excluding hydrogens is 483 g/mol.